The number of nitrogens with one attached hydrogen (secondary N) is 1. The summed E-state index contributed by atoms with van der Waals surface area (Å²) in [5.74, 6) is -1.33. The smallest absolute Gasteiger partial charge is 0.245 e. The van der Waals surface area contributed by atoms with E-state index in [1.54, 1.807) is 38.1 Å². The molecule has 1 unspecified atom stereocenters. The molecule has 0 radical (unpaired) electrons. The van der Waals surface area contributed by atoms with E-state index in [2.05, 4.69) is 4.72 Å². The van der Waals surface area contributed by atoms with Crippen LogP contribution in [0.15, 0.2) is 30.3 Å². The molecule has 1 heterocycles. The number of nitrogens with two attached hydrogens (primary N) is 1. The van der Waals surface area contributed by atoms with Crippen LogP contribution in [-0.2, 0) is 19.6 Å². The van der Waals surface area contributed by atoms with Crippen molar-refractivity contribution < 1.29 is 18.0 Å². The summed E-state index contributed by atoms with van der Waals surface area (Å²) in [6.45, 7) is 3.93. The van der Waals surface area contributed by atoms with Gasteiger partial charge in [-0.15, -0.1) is 0 Å². The molecule has 1 fully saturated rings. The SMILES string of the molecule is CC(C)C1(NS(C)(=O)=O)CCCN([C@H](C(N)=O)c2ccccc2)C1=O. The Morgan fingerprint density at radius 2 is 1.88 bits per heavy atom. The van der Waals surface area contributed by atoms with Gasteiger partial charge in [-0.05, 0) is 24.3 Å². The van der Waals surface area contributed by atoms with Crippen LogP contribution in [0.4, 0.5) is 0 Å². The maximum atomic E-state index is 13.3. The van der Waals surface area contributed by atoms with Gasteiger partial charge in [0, 0.05) is 6.54 Å². The number of hydrogen-bond donors (Lipinski definition) is 2. The van der Waals surface area contributed by atoms with Crippen LogP contribution in [0.3, 0.4) is 0 Å². The van der Waals surface area contributed by atoms with E-state index in [0.717, 1.165) is 6.26 Å². The van der Waals surface area contributed by atoms with Crippen molar-refractivity contribution in [2.24, 2.45) is 11.7 Å². The van der Waals surface area contributed by atoms with Crippen molar-refractivity contribution in [3.05, 3.63) is 35.9 Å². The first-order valence-electron chi connectivity index (χ1n) is 8.23. The molecule has 0 aromatic heterocycles. The Hall–Kier alpha value is -1.93. The summed E-state index contributed by atoms with van der Waals surface area (Å²) in [5, 5.41) is 0. The lowest BCUT2D eigenvalue weighted by Crippen LogP contribution is -2.66. The van der Waals surface area contributed by atoms with Gasteiger partial charge >= 0.3 is 0 Å². The average molecular weight is 367 g/mol. The summed E-state index contributed by atoms with van der Waals surface area (Å²) in [5.41, 5.74) is 4.93. The lowest BCUT2D eigenvalue weighted by atomic mass is 9.78. The molecule has 1 aliphatic rings. The van der Waals surface area contributed by atoms with E-state index in [-0.39, 0.29) is 5.92 Å². The summed E-state index contributed by atoms with van der Waals surface area (Å²) in [7, 11) is -3.61. The van der Waals surface area contributed by atoms with Gasteiger partial charge in [-0.1, -0.05) is 44.2 Å². The fourth-order valence-corrected chi connectivity index (χ4v) is 4.54. The number of primary amides is 1. The third-order valence-corrected chi connectivity index (χ3v) is 5.40. The molecule has 2 rings (SSSR count). The normalized spacial score (nSPS) is 22.9. The maximum Gasteiger partial charge on any atom is 0.245 e. The molecule has 25 heavy (non-hydrogen) atoms. The number of carbonyl (C=O) groups excluding carboxylic acids is 2. The van der Waals surface area contributed by atoms with Gasteiger partial charge in [0.15, 0.2) is 0 Å². The molecular formula is C17H25N3O4S. The number of benzene rings is 1. The summed E-state index contributed by atoms with van der Waals surface area (Å²) >= 11 is 0. The predicted octanol–water partition coefficient (Wildman–Crippen LogP) is 0.779. The van der Waals surface area contributed by atoms with Crippen molar-refractivity contribution in [2.45, 2.75) is 38.3 Å². The van der Waals surface area contributed by atoms with E-state index in [1.807, 2.05) is 6.07 Å². The number of rotatable bonds is 6. The van der Waals surface area contributed by atoms with Crippen LogP contribution in [0.1, 0.15) is 38.3 Å². The standard InChI is InChI=1S/C17H25N3O4S/c1-12(2)17(19-25(3,23)24)10-7-11-20(16(17)22)14(15(18)21)13-8-5-4-6-9-13/h4-6,8-9,12,14,19H,7,10-11H2,1-3H3,(H2,18,21)/t14-,17?/m0/s1. The minimum absolute atomic E-state index is 0.276. The first kappa shape index (κ1) is 19.4. The Balaban J connectivity index is 2.47. The lowest BCUT2D eigenvalue weighted by molar-refractivity contribution is -0.150. The van der Waals surface area contributed by atoms with Gasteiger partial charge in [0.05, 0.1) is 6.26 Å². The molecular weight excluding hydrogens is 342 g/mol. The molecule has 138 valence electrons. The Morgan fingerprint density at radius 3 is 2.36 bits per heavy atom. The number of piperidine rings is 1. The number of carbonyl (C=O) groups is 2. The molecule has 1 aromatic rings. The van der Waals surface area contributed by atoms with Crippen LogP contribution < -0.4 is 10.5 Å². The number of nitrogens with zero attached hydrogens (tertiary/aromatic N) is 1. The summed E-state index contributed by atoms with van der Waals surface area (Å²) in [4.78, 5) is 26.8. The van der Waals surface area contributed by atoms with Crippen molar-refractivity contribution in [1.82, 2.24) is 9.62 Å². The third-order valence-electron chi connectivity index (χ3n) is 4.66. The lowest BCUT2D eigenvalue weighted by Gasteiger charge is -2.46. The molecule has 0 aliphatic carbocycles. The highest BCUT2D eigenvalue weighted by atomic mass is 32.2. The zero-order valence-electron chi connectivity index (χ0n) is 14.7. The van der Waals surface area contributed by atoms with Gasteiger partial charge in [-0.2, -0.15) is 4.72 Å². The summed E-state index contributed by atoms with van der Waals surface area (Å²) in [6, 6.07) is 7.89. The van der Waals surface area contributed by atoms with Gasteiger partial charge in [0.2, 0.25) is 21.8 Å². The summed E-state index contributed by atoms with van der Waals surface area (Å²) in [6.07, 6.45) is 1.99. The Kier molecular flexibility index (Phi) is 5.53. The minimum atomic E-state index is -3.61. The largest absolute Gasteiger partial charge is 0.368 e. The van der Waals surface area contributed by atoms with E-state index >= 15 is 0 Å². The van der Waals surface area contributed by atoms with Crippen LogP contribution in [0.25, 0.3) is 0 Å². The second kappa shape index (κ2) is 7.13. The van der Waals surface area contributed by atoms with Gasteiger partial charge < -0.3 is 10.6 Å². The van der Waals surface area contributed by atoms with Crippen molar-refractivity contribution in [1.29, 1.82) is 0 Å². The van der Waals surface area contributed by atoms with E-state index in [1.165, 1.54) is 4.90 Å². The van der Waals surface area contributed by atoms with Crippen molar-refractivity contribution in [2.75, 3.05) is 12.8 Å². The van der Waals surface area contributed by atoms with Crippen LogP contribution >= 0.6 is 0 Å². The van der Waals surface area contributed by atoms with Gasteiger partial charge in [0.25, 0.3) is 0 Å². The third kappa shape index (κ3) is 4.01. The Bertz CT molecular complexity index is 748. The molecule has 1 saturated heterocycles. The second-order valence-electron chi connectivity index (χ2n) is 6.82. The predicted molar refractivity (Wildman–Crippen MR) is 94.9 cm³/mol. The average Bonchev–Trinajstić information content (AvgIpc) is 2.50. The van der Waals surface area contributed by atoms with Crippen molar-refractivity contribution in [3.63, 3.8) is 0 Å². The van der Waals surface area contributed by atoms with E-state index in [4.69, 9.17) is 5.73 Å². The molecule has 0 bridgehead atoms. The van der Waals surface area contributed by atoms with E-state index in [0.29, 0.717) is 24.9 Å². The molecule has 0 spiro atoms. The summed E-state index contributed by atoms with van der Waals surface area (Å²) < 4.78 is 26.2. The zero-order valence-corrected chi connectivity index (χ0v) is 15.5. The second-order valence-corrected chi connectivity index (χ2v) is 8.57. The minimum Gasteiger partial charge on any atom is -0.368 e. The zero-order chi connectivity index (χ0) is 18.8. The highest BCUT2D eigenvalue weighted by molar-refractivity contribution is 7.88. The van der Waals surface area contributed by atoms with Crippen LogP contribution in [0.5, 0.6) is 0 Å². The molecule has 8 heteroatoms. The van der Waals surface area contributed by atoms with Crippen LogP contribution in [-0.4, -0.2) is 43.5 Å². The topological polar surface area (TPSA) is 110 Å². The highest BCUT2D eigenvalue weighted by Gasteiger charge is 2.50. The molecule has 0 saturated carbocycles. The quantitative estimate of drug-likeness (QED) is 0.774. The van der Waals surface area contributed by atoms with Gasteiger partial charge in [0.1, 0.15) is 11.6 Å². The fourth-order valence-electron chi connectivity index (χ4n) is 3.45. The van der Waals surface area contributed by atoms with Gasteiger partial charge in [-0.3, -0.25) is 9.59 Å². The fraction of sp³-hybridized carbons (Fsp3) is 0.529. The maximum absolute atomic E-state index is 13.3. The Labute approximate surface area is 148 Å². The van der Waals surface area contributed by atoms with Crippen molar-refractivity contribution >= 4 is 21.8 Å². The molecule has 3 N–H and O–H groups in total. The van der Waals surface area contributed by atoms with Gasteiger partial charge in [-0.25, -0.2) is 8.42 Å². The molecule has 2 atom stereocenters. The van der Waals surface area contributed by atoms with E-state index in [9.17, 15) is 18.0 Å². The number of likely N-dealkylation sites (tertiary alicyclic amines) is 1. The monoisotopic (exact) mass is 367 g/mol. The van der Waals surface area contributed by atoms with E-state index < -0.39 is 33.4 Å². The highest BCUT2D eigenvalue weighted by Crippen LogP contribution is 2.35. The van der Waals surface area contributed by atoms with Crippen molar-refractivity contribution in [3.8, 4) is 0 Å². The molecule has 1 aliphatic heterocycles. The molecule has 1 aromatic carbocycles. The molecule has 2 amide bonds. The first-order chi connectivity index (χ1) is 11.6. The van der Waals surface area contributed by atoms with Crippen LogP contribution in [0, 0.1) is 5.92 Å². The Morgan fingerprint density at radius 1 is 1.28 bits per heavy atom. The number of sulfonamides is 1. The first-order valence-corrected chi connectivity index (χ1v) is 10.1. The number of hydrogen-bond acceptors (Lipinski definition) is 4. The number of amides is 2. The van der Waals surface area contributed by atoms with Crippen LogP contribution in [0.2, 0.25) is 0 Å². The molecule has 7 nitrogen and oxygen atoms in total.